The molecule has 0 bridgehead atoms. The maximum absolute atomic E-state index is 13.3. The SMILES string of the molecule is Cc1noc(=O)c2ccc(N(CC3CCCc4ccc([N+](=O)[O-])cc43)C(=O)[C@@H](O)C(F)(F)F)cc12. The number of nitro benzene ring substituents is 1. The first-order chi connectivity index (χ1) is 16.5. The molecular weight excluding hydrogens is 471 g/mol. The van der Waals surface area contributed by atoms with Gasteiger partial charge in [0.2, 0.25) is 6.10 Å². The number of fused-ring (bicyclic) bond motifs is 2. The number of halogens is 3. The number of nitro groups is 1. The molecule has 1 N–H and O–H groups in total. The van der Waals surface area contributed by atoms with Crippen molar-refractivity contribution in [1.29, 1.82) is 0 Å². The zero-order valence-corrected chi connectivity index (χ0v) is 18.4. The maximum atomic E-state index is 13.3. The minimum Gasteiger partial charge on any atom is -0.376 e. The molecule has 1 aromatic heterocycles. The molecule has 1 aliphatic rings. The first-order valence-electron chi connectivity index (χ1n) is 10.7. The number of anilines is 1. The Hall–Kier alpha value is -3.80. The number of carbonyl (C=O) groups excluding carboxylic acids is 1. The molecule has 3 aromatic rings. The molecule has 4 rings (SSSR count). The van der Waals surface area contributed by atoms with Gasteiger partial charge < -0.3 is 14.5 Å². The molecule has 1 aliphatic carbocycles. The summed E-state index contributed by atoms with van der Waals surface area (Å²) in [4.78, 5) is 36.4. The average molecular weight is 491 g/mol. The number of aliphatic hydroxyl groups is 1. The van der Waals surface area contributed by atoms with E-state index < -0.39 is 34.7 Å². The summed E-state index contributed by atoms with van der Waals surface area (Å²) in [6.45, 7) is 1.27. The molecule has 0 spiro atoms. The van der Waals surface area contributed by atoms with Gasteiger partial charge in [0.1, 0.15) is 0 Å². The predicted molar refractivity (Wildman–Crippen MR) is 118 cm³/mol. The van der Waals surface area contributed by atoms with Gasteiger partial charge in [0, 0.05) is 35.7 Å². The Labute approximate surface area is 195 Å². The van der Waals surface area contributed by atoms with Crippen LogP contribution in [-0.4, -0.2) is 39.9 Å². The molecule has 2 aromatic carbocycles. The van der Waals surface area contributed by atoms with E-state index in [1.54, 1.807) is 6.07 Å². The zero-order chi connectivity index (χ0) is 25.5. The number of aliphatic hydroxyl groups excluding tert-OH is 1. The Morgan fingerprint density at radius 2 is 2.03 bits per heavy atom. The van der Waals surface area contributed by atoms with Gasteiger partial charge in [-0.25, -0.2) is 4.79 Å². The van der Waals surface area contributed by atoms with E-state index in [4.69, 9.17) is 0 Å². The lowest BCUT2D eigenvalue weighted by molar-refractivity contribution is -0.385. The van der Waals surface area contributed by atoms with Crippen molar-refractivity contribution >= 4 is 28.1 Å². The van der Waals surface area contributed by atoms with E-state index >= 15 is 0 Å². The quantitative estimate of drug-likeness (QED) is 0.425. The summed E-state index contributed by atoms with van der Waals surface area (Å²) in [5, 5.41) is 25.0. The van der Waals surface area contributed by atoms with Gasteiger partial charge in [-0.05, 0) is 55.5 Å². The number of benzene rings is 2. The number of rotatable bonds is 5. The summed E-state index contributed by atoms with van der Waals surface area (Å²) in [5.74, 6) is -2.11. The maximum Gasteiger partial charge on any atom is 0.423 e. The van der Waals surface area contributed by atoms with Gasteiger partial charge in [0.25, 0.3) is 11.6 Å². The number of hydrogen-bond acceptors (Lipinski definition) is 7. The van der Waals surface area contributed by atoms with Crippen LogP contribution < -0.4 is 10.5 Å². The molecule has 1 heterocycles. The fourth-order valence-electron chi connectivity index (χ4n) is 4.40. The summed E-state index contributed by atoms with van der Waals surface area (Å²) in [6.07, 6.45) is -6.70. The number of aromatic nitrogens is 1. The predicted octanol–water partition coefficient (Wildman–Crippen LogP) is 3.78. The van der Waals surface area contributed by atoms with E-state index in [2.05, 4.69) is 9.68 Å². The summed E-state index contributed by atoms with van der Waals surface area (Å²) in [7, 11) is 0. The summed E-state index contributed by atoms with van der Waals surface area (Å²) in [6, 6.07) is 8.29. The van der Waals surface area contributed by atoms with Gasteiger partial charge in [-0.2, -0.15) is 13.2 Å². The lowest BCUT2D eigenvalue weighted by Crippen LogP contribution is -2.48. The highest BCUT2D eigenvalue weighted by Crippen LogP contribution is 2.36. The third-order valence-corrected chi connectivity index (χ3v) is 6.18. The fraction of sp³-hybridized carbons (Fsp3) is 0.348. The van der Waals surface area contributed by atoms with Crippen LogP contribution in [0.5, 0.6) is 0 Å². The molecule has 2 atom stereocenters. The van der Waals surface area contributed by atoms with Crippen LogP contribution in [0.3, 0.4) is 0 Å². The number of nitrogens with zero attached hydrogens (tertiary/aromatic N) is 3. The van der Waals surface area contributed by atoms with Crippen molar-refractivity contribution in [3.8, 4) is 0 Å². The first kappa shape index (κ1) is 24.3. The molecule has 1 unspecified atom stereocenters. The molecule has 35 heavy (non-hydrogen) atoms. The van der Waals surface area contributed by atoms with E-state index in [0.29, 0.717) is 24.8 Å². The van der Waals surface area contributed by atoms with E-state index in [0.717, 1.165) is 10.5 Å². The molecule has 9 nitrogen and oxygen atoms in total. The van der Waals surface area contributed by atoms with Crippen molar-refractivity contribution in [3.63, 3.8) is 0 Å². The number of amides is 1. The number of non-ortho nitro benzene ring substituents is 1. The highest BCUT2D eigenvalue weighted by molar-refractivity contribution is 5.99. The van der Waals surface area contributed by atoms with Crippen molar-refractivity contribution in [2.24, 2.45) is 0 Å². The van der Waals surface area contributed by atoms with Gasteiger partial charge in [-0.1, -0.05) is 11.2 Å². The Bertz CT molecular complexity index is 1370. The summed E-state index contributed by atoms with van der Waals surface area (Å²) in [5.41, 5.74) is 0.764. The smallest absolute Gasteiger partial charge is 0.376 e. The largest absolute Gasteiger partial charge is 0.423 e. The van der Waals surface area contributed by atoms with Gasteiger partial charge in [0.05, 0.1) is 16.0 Å². The van der Waals surface area contributed by atoms with E-state index in [1.807, 2.05) is 0 Å². The molecular formula is C23H20F3N3O6. The monoisotopic (exact) mass is 491 g/mol. The van der Waals surface area contributed by atoms with Crippen molar-refractivity contribution in [2.45, 2.75) is 44.4 Å². The summed E-state index contributed by atoms with van der Waals surface area (Å²) >= 11 is 0. The van der Waals surface area contributed by atoms with Crippen LogP contribution in [0, 0.1) is 17.0 Å². The Balaban J connectivity index is 1.80. The lowest BCUT2D eigenvalue weighted by atomic mass is 9.82. The minimum atomic E-state index is -5.20. The number of alkyl halides is 3. The fourth-order valence-corrected chi connectivity index (χ4v) is 4.40. The van der Waals surface area contributed by atoms with Crippen LogP contribution in [0.25, 0.3) is 10.8 Å². The van der Waals surface area contributed by atoms with Gasteiger partial charge in [-0.3, -0.25) is 14.9 Å². The second kappa shape index (κ2) is 9.10. The van der Waals surface area contributed by atoms with Crippen molar-refractivity contribution in [2.75, 3.05) is 11.4 Å². The van der Waals surface area contributed by atoms with E-state index in [1.165, 1.54) is 37.3 Å². The number of aryl methyl sites for hydroxylation is 2. The van der Waals surface area contributed by atoms with Crippen LogP contribution in [-0.2, 0) is 11.2 Å². The third kappa shape index (κ3) is 4.74. The Morgan fingerprint density at radius 1 is 1.29 bits per heavy atom. The Morgan fingerprint density at radius 3 is 2.71 bits per heavy atom. The van der Waals surface area contributed by atoms with Crippen molar-refractivity contribution < 1.29 is 32.5 Å². The second-order valence-corrected chi connectivity index (χ2v) is 8.41. The zero-order valence-electron chi connectivity index (χ0n) is 18.4. The molecule has 0 radical (unpaired) electrons. The van der Waals surface area contributed by atoms with E-state index in [-0.39, 0.29) is 34.4 Å². The van der Waals surface area contributed by atoms with Crippen molar-refractivity contribution in [3.05, 3.63) is 73.8 Å². The van der Waals surface area contributed by atoms with E-state index in [9.17, 15) is 38.0 Å². The first-order valence-corrected chi connectivity index (χ1v) is 10.7. The van der Waals surface area contributed by atoms with Gasteiger partial charge >= 0.3 is 11.8 Å². The molecule has 0 saturated heterocycles. The lowest BCUT2D eigenvalue weighted by Gasteiger charge is -2.33. The highest BCUT2D eigenvalue weighted by Gasteiger charge is 2.46. The minimum absolute atomic E-state index is 0.0128. The van der Waals surface area contributed by atoms with Crippen LogP contribution in [0.2, 0.25) is 0 Å². The van der Waals surface area contributed by atoms with Crippen molar-refractivity contribution in [1.82, 2.24) is 5.16 Å². The molecule has 0 fully saturated rings. The van der Waals surface area contributed by atoms with Crippen LogP contribution >= 0.6 is 0 Å². The van der Waals surface area contributed by atoms with Crippen LogP contribution in [0.4, 0.5) is 24.5 Å². The second-order valence-electron chi connectivity index (χ2n) is 8.41. The van der Waals surface area contributed by atoms with Crippen LogP contribution in [0.15, 0.2) is 45.7 Å². The average Bonchev–Trinajstić information content (AvgIpc) is 2.83. The molecule has 12 heteroatoms. The molecule has 0 saturated carbocycles. The third-order valence-electron chi connectivity index (χ3n) is 6.18. The summed E-state index contributed by atoms with van der Waals surface area (Å²) < 4.78 is 44.5. The molecule has 184 valence electrons. The standard InChI is InChI=1S/C23H20F3N3O6/c1-12-18-9-15(7-8-17(18)22(32)35-27-12)28(21(31)20(30)23(24,25)26)11-14-4-2-3-13-5-6-16(29(33)34)10-19(13)14/h5-10,14,20,30H,2-4,11H2,1H3/t14?,20-/m1/s1. The number of carbonyl (C=O) groups is 1. The normalized spacial score (nSPS) is 16.5. The Kier molecular flexibility index (Phi) is 6.32. The number of hydrogen-bond donors (Lipinski definition) is 1. The topological polar surface area (TPSA) is 127 Å². The van der Waals surface area contributed by atoms with Gasteiger partial charge in [-0.15, -0.1) is 0 Å². The van der Waals surface area contributed by atoms with Crippen LogP contribution in [0.1, 0.15) is 35.6 Å². The molecule has 1 amide bonds. The van der Waals surface area contributed by atoms with Gasteiger partial charge in [0.15, 0.2) is 0 Å². The highest BCUT2D eigenvalue weighted by atomic mass is 19.4. The molecule has 0 aliphatic heterocycles.